The Morgan fingerprint density at radius 1 is 1.19 bits per heavy atom. The zero-order valence-electron chi connectivity index (χ0n) is 15.6. The van der Waals surface area contributed by atoms with Crippen LogP contribution in [0, 0.1) is 0 Å². The molecule has 0 aliphatic carbocycles. The number of nitrogens with zero attached hydrogens (tertiary/aromatic N) is 3. The number of hydrogen-bond acceptors (Lipinski definition) is 4. The first-order valence-electron chi connectivity index (χ1n) is 9.90. The number of amides is 1. The summed E-state index contributed by atoms with van der Waals surface area (Å²) in [5.74, 6) is 1.68. The molecule has 1 aromatic heterocycles. The second kappa shape index (κ2) is 8.44. The molecule has 1 amide bonds. The predicted molar refractivity (Wildman–Crippen MR) is 105 cm³/mol. The fourth-order valence-electron chi connectivity index (χ4n) is 4.12. The van der Waals surface area contributed by atoms with E-state index in [-0.39, 0.29) is 11.9 Å². The molecular formula is C21H26ClN3O2. The van der Waals surface area contributed by atoms with Gasteiger partial charge in [0.25, 0.3) is 0 Å². The second-order valence-electron chi connectivity index (χ2n) is 7.55. The Morgan fingerprint density at radius 3 is 2.81 bits per heavy atom. The van der Waals surface area contributed by atoms with Crippen LogP contribution < -0.4 is 0 Å². The molecule has 2 aliphatic heterocycles. The highest BCUT2D eigenvalue weighted by atomic mass is 35.5. The third-order valence-electron chi connectivity index (χ3n) is 5.50. The Morgan fingerprint density at radius 2 is 2.00 bits per heavy atom. The predicted octanol–water partition coefficient (Wildman–Crippen LogP) is 4.07. The maximum Gasteiger partial charge on any atom is 0.237 e. The van der Waals surface area contributed by atoms with Gasteiger partial charge in [-0.2, -0.15) is 0 Å². The molecule has 0 saturated carbocycles. The van der Waals surface area contributed by atoms with Crippen LogP contribution in [0.5, 0.6) is 0 Å². The molecule has 6 heteroatoms. The highest BCUT2D eigenvalue weighted by Gasteiger charge is 2.32. The molecule has 0 bridgehead atoms. The van der Waals surface area contributed by atoms with Gasteiger partial charge in [-0.15, -0.1) is 0 Å². The molecule has 1 atom stereocenters. The molecule has 1 aromatic carbocycles. The summed E-state index contributed by atoms with van der Waals surface area (Å²) in [6.07, 6.45) is 7.91. The summed E-state index contributed by atoms with van der Waals surface area (Å²) in [4.78, 5) is 21.6. The van der Waals surface area contributed by atoms with Gasteiger partial charge in [-0.25, -0.2) is 4.98 Å². The van der Waals surface area contributed by atoms with Crippen molar-refractivity contribution in [1.82, 2.24) is 14.8 Å². The van der Waals surface area contributed by atoms with Gasteiger partial charge in [-0.05, 0) is 62.9 Å². The van der Waals surface area contributed by atoms with Crippen LogP contribution in [0.4, 0.5) is 0 Å². The van der Waals surface area contributed by atoms with E-state index in [0.29, 0.717) is 18.9 Å². The first kappa shape index (κ1) is 18.5. The number of hydrogen-bond donors (Lipinski definition) is 0. The number of likely N-dealkylation sites (tertiary alicyclic amines) is 2. The van der Waals surface area contributed by atoms with E-state index in [1.54, 1.807) is 6.20 Å². The Kier molecular flexibility index (Phi) is 5.79. The molecule has 27 heavy (non-hydrogen) atoms. The molecule has 2 saturated heterocycles. The van der Waals surface area contributed by atoms with E-state index in [1.165, 1.54) is 12.8 Å². The number of aromatic nitrogens is 1. The van der Waals surface area contributed by atoms with Gasteiger partial charge < -0.3 is 9.32 Å². The Labute approximate surface area is 165 Å². The Balaban J connectivity index is 1.45. The molecule has 2 aliphatic rings. The largest absolute Gasteiger partial charge is 0.443 e. The van der Waals surface area contributed by atoms with E-state index in [2.05, 4.69) is 9.88 Å². The maximum atomic E-state index is 12.9. The van der Waals surface area contributed by atoms with Crippen LogP contribution >= 0.6 is 11.6 Å². The van der Waals surface area contributed by atoms with Crippen molar-refractivity contribution >= 4 is 17.5 Å². The molecule has 5 nitrogen and oxygen atoms in total. The Bertz CT molecular complexity index is 785. The standard InChI is InChI=1S/C21H26ClN3O2/c22-17-7-5-6-16(12-17)13-18-14-23-21(27-18)19-8-1-2-11-25(19)20(26)15-24-9-3-4-10-24/h5-7,12,14,19H,1-4,8-11,13,15H2/t19-/m0/s1. The highest BCUT2D eigenvalue weighted by molar-refractivity contribution is 6.30. The summed E-state index contributed by atoms with van der Waals surface area (Å²) in [7, 11) is 0. The molecule has 0 spiro atoms. The van der Waals surface area contributed by atoms with E-state index in [9.17, 15) is 4.79 Å². The molecule has 2 fully saturated rings. The summed E-state index contributed by atoms with van der Waals surface area (Å²) < 4.78 is 6.06. The summed E-state index contributed by atoms with van der Waals surface area (Å²) >= 11 is 6.07. The first-order valence-corrected chi connectivity index (χ1v) is 10.3. The van der Waals surface area contributed by atoms with Crippen LogP contribution in [0.15, 0.2) is 34.9 Å². The molecule has 4 rings (SSSR count). The van der Waals surface area contributed by atoms with Crippen LogP contribution in [-0.4, -0.2) is 46.9 Å². The quantitative estimate of drug-likeness (QED) is 0.776. The lowest BCUT2D eigenvalue weighted by atomic mass is 10.0. The van der Waals surface area contributed by atoms with Gasteiger partial charge in [0, 0.05) is 18.0 Å². The van der Waals surface area contributed by atoms with Crippen molar-refractivity contribution in [3.05, 3.63) is 52.7 Å². The topological polar surface area (TPSA) is 49.6 Å². The fourth-order valence-corrected chi connectivity index (χ4v) is 4.33. The summed E-state index contributed by atoms with van der Waals surface area (Å²) in [5.41, 5.74) is 1.09. The second-order valence-corrected chi connectivity index (χ2v) is 7.99. The summed E-state index contributed by atoms with van der Waals surface area (Å²) in [6.45, 7) is 3.38. The molecule has 144 valence electrons. The average Bonchev–Trinajstić information content (AvgIpc) is 3.34. The number of carbonyl (C=O) groups is 1. The van der Waals surface area contributed by atoms with Crippen molar-refractivity contribution in [1.29, 1.82) is 0 Å². The fraction of sp³-hybridized carbons (Fsp3) is 0.524. The monoisotopic (exact) mass is 387 g/mol. The van der Waals surface area contributed by atoms with Crippen molar-refractivity contribution in [3.8, 4) is 0 Å². The molecule has 0 unspecified atom stereocenters. The van der Waals surface area contributed by atoms with Crippen molar-refractivity contribution < 1.29 is 9.21 Å². The normalized spacial score (nSPS) is 20.9. The first-order chi connectivity index (χ1) is 13.2. The van der Waals surface area contributed by atoms with Gasteiger partial charge >= 0.3 is 0 Å². The van der Waals surface area contributed by atoms with Crippen LogP contribution in [0.3, 0.4) is 0 Å². The molecular weight excluding hydrogens is 362 g/mol. The van der Waals surface area contributed by atoms with Crippen LogP contribution in [-0.2, 0) is 11.2 Å². The molecule has 0 radical (unpaired) electrons. The van der Waals surface area contributed by atoms with E-state index in [0.717, 1.165) is 55.2 Å². The number of oxazole rings is 1. The van der Waals surface area contributed by atoms with Crippen LogP contribution in [0.2, 0.25) is 5.02 Å². The van der Waals surface area contributed by atoms with Crippen LogP contribution in [0.1, 0.15) is 55.4 Å². The minimum Gasteiger partial charge on any atom is -0.443 e. The van der Waals surface area contributed by atoms with Crippen LogP contribution in [0.25, 0.3) is 0 Å². The van der Waals surface area contributed by atoms with Gasteiger partial charge in [0.05, 0.1) is 12.7 Å². The highest BCUT2D eigenvalue weighted by Crippen LogP contribution is 2.31. The van der Waals surface area contributed by atoms with Gasteiger partial charge in [-0.1, -0.05) is 23.7 Å². The van der Waals surface area contributed by atoms with Gasteiger partial charge in [0.1, 0.15) is 11.8 Å². The van der Waals surface area contributed by atoms with E-state index >= 15 is 0 Å². The minimum atomic E-state index is -0.0398. The zero-order valence-corrected chi connectivity index (χ0v) is 16.3. The SMILES string of the molecule is O=C(CN1CCCC1)N1CCCC[C@H]1c1ncc(Cc2cccc(Cl)c2)o1. The minimum absolute atomic E-state index is 0.0398. The van der Waals surface area contributed by atoms with Crippen molar-refractivity contribution in [2.75, 3.05) is 26.2 Å². The van der Waals surface area contributed by atoms with Crippen molar-refractivity contribution in [3.63, 3.8) is 0 Å². The number of rotatable bonds is 5. The summed E-state index contributed by atoms with van der Waals surface area (Å²) in [5, 5.41) is 0.721. The lowest BCUT2D eigenvalue weighted by molar-refractivity contribution is -0.136. The Hall–Kier alpha value is -1.85. The number of carbonyl (C=O) groups excluding carboxylic acids is 1. The van der Waals surface area contributed by atoms with Gasteiger partial charge in [-0.3, -0.25) is 9.69 Å². The molecule has 2 aromatic rings. The number of piperidine rings is 1. The average molecular weight is 388 g/mol. The maximum absolute atomic E-state index is 12.9. The lowest BCUT2D eigenvalue weighted by Gasteiger charge is -2.34. The third kappa shape index (κ3) is 4.53. The van der Waals surface area contributed by atoms with E-state index in [4.69, 9.17) is 16.0 Å². The van der Waals surface area contributed by atoms with E-state index < -0.39 is 0 Å². The molecule has 3 heterocycles. The number of benzene rings is 1. The van der Waals surface area contributed by atoms with E-state index in [1.807, 2.05) is 29.2 Å². The van der Waals surface area contributed by atoms with Gasteiger partial charge in [0.15, 0.2) is 0 Å². The number of halogens is 1. The smallest absolute Gasteiger partial charge is 0.237 e. The third-order valence-corrected chi connectivity index (χ3v) is 5.74. The molecule has 0 N–H and O–H groups in total. The van der Waals surface area contributed by atoms with Gasteiger partial charge in [0.2, 0.25) is 11.8 Å². The zero-order chi connectivity index (χ0) is 18.6. The van der Waals surface area contributed by atoms with Crippen molar-refractivity contribution in [2.24, 2.45) is 0 Å². The summed E-state index contributed by atoms with van der Waals surface area (Å²) in [6, 6.07) is 7.73. The van der Waals surface area contributed by atoms with Crippen molar-refractivity contribution in [2.45, 2.75) is 44.6 Å². The lowest BCUT2D eigenvalue weighted by Crippen LogP contribution is -2.43.